The van der Waals surface area contributed by atoms with Gasteiger partial charge in [-0.1, -0.05) is 52.9 Å². The molecule has 4 nitrogen and oxygen atoms in total. The molecule has 0 aliphatic rings. The molecule has 0 bridgehead atoms. The Morgan fingerprint density at radius 2 is 1.42 bits per heavy atom. The van der Waals surface area contributed by atoms with Crippen LogP contribution in [0.2, 0.25) is 0 Å². The van der Waals surface area contributed by atoms with Crippen LogP contribution < -0.4 is 0 Å². The molecule has 2 aromatic carbocycles. The molecule has 0 aliphatic carbocycles. The van der Waals surface area contributed by atoms with Gasteiger partial charge in [-0.15, -0.1) is 0 Å². The van der Waals surface area contributed by atoms with Gasteiger partial charge < -0.3 is 4.55 Å². The predicted octanol–water partition coefficient (Wildman–Crippen LogP) is 4.00. The van der Waals surface area contributed by atoms with Crippen LogP contribution >= 0.6 is 0 Å². The van der Waals surface area contributed by atoms with Crippen LogP contribution in [0, 0.1) is 0 Å². The molecule has 26 heavy (non-hydrogen) atoms. The maximum absolute atomic E-state index is 15.1. The van der Waals surface area contributed by atoms with Crippen molar-refractivity contribution in [2.75, 3.05) is 0 Å². The number of hydrogen-bond acceptors (Lipinski definition) is 4. The minimum absolute atomic E-state index is 0.102. The number of alkyl halides is 2. The van der Waals surface area contributed by atoms with Crippen molar-refractivity contribution < 1.29 is 21.8 Å². The molecule has 0 aromatic heterocycles. The van der Waals surface area contributed by atoms with Crippen molar-refractivity contribution in [2.24, 2.45) is 4.40 Å². The molecule has 0 saturated carbocycles. The SMILES string of the molecule is CC(C)(C)[S+]([O-])/N=C(\c1ccccc1)C(F)(F)S(=O)(=O)c1ccccc1. The van der Waals surface area contributed by atoms with Gasteiger partial charge in [0.2, 0.25) is 9.84 Å². The largest absolute Gasteiger partial charge is 0.591 e. The lowest BCUT2D eigenvalue weighted by molar-refractivity contribution is 0.170. The van der Waals surface area contributed by atoms with Crippen LogP contribution in [0.25, 0.3) is 0 Å². The van der Waals surface area contributed by atoms with Gasteiger partial charge >= 0.3 is 5.25 Å². The Kier molecular flexibility index (Phi) is 5.89. The minimum Gasteiger partial charge on any atom is -0.591 e. The first-order chi connectivity index (χ1) is 12.0. The van der Waals surface area contributed by atoms with E-state index >= 15 is 8.78 Å². The molecule has 0 saturated heterocycles. The number of halogens is 2. The third kappa shape index (κ3) is 4.13. The zero-order valence-electron chi connectivity index (χ0n) is 14.5. The summed E-state index contributed by atoms with van der Waals surface area (Å²) in [4.78, 5) is -0.532. The standard InChI is InChI=1S/C18H19F2NO3S2/c1-17(2,3)25(22)21-16(14-10-6-4-7-11-14)18(19,20)26(23,24)15-12-8-5-9-13-15/h4-13H,1-3H3/b21-16+. The van der Waals surface area contributed by atoms with Crippen molar-refractivity contribution in [1.29, 1.82) is 0 Å². The van der Waals surface area contributed by atoms with Crippen LogP contribution in [-0.4, -0.2) is 28.7 Å². The highest BCUT2D eigenvalue weighted by Crippen LogP contribution is 2.34. The zero-order chi connectivity index (χ0) is 19.6. The van der Waals surface area contributed by atoms with Crippen LogP contribution in [0.4, 0.5) is 8.78 Å². The van der Waals surface area contributed by atoms with E-state index in [2.05, 4.69) is 4.40 Å². The molecule has 0 heterocycles. The molecule has 2 aromatic rings. The smallest absolute Gasteiger partial charge is 0.396 e. The molecule has 0 aliphatic heterocycles. The summed E-state index contributed by atoms with van der Waals surface area (Å²) >= 11 is -2.06. The highest BCUT2D eigenvalue weighted by molar-refractivity contribution is 7.94. The molecule has 2 rings (SSSR count). The molecule has 1 unspecified atom stereocenters. The average molecular weight is 399 g/mol. The minimum atomic E-state index is -5.08. The summed E-state index contributed by atoms with van der Waals surface area (Å²) in [7, 11) is -5.08. The van der Waals surface area contributed by atoms with Gasteiger partial charge in [-0.25, -0.2) is 8.42 Å². The van der Waals surface area contributed by atoms with Gasteiger partial charge in [0.25, 0.3) is 0 Å². The monoisotopic (exact) mass is 399 g/mol. The van der Waals surface area contributed by atoms with Crippen LogP contribution in [0.3, 0.4) is 0 Å². The van der Waals surface area contributed by atoms with Crippen molar-refractivity contribution >= 4 is 26.9 Å². The second-order valence-corrected chi connectivity index (χ2v) is 10.4. The third-order valence-corrected chi connectivity index (χ3v) is 6.57. The van der Waals surface area contributed by atoms with Crippen molar-refractivity contribution in [3.8, 4) is 0 Å². The molecule has 0 spiro atoms. The Hall–Kier alpha value is -1.77. The van der Waals surface area contributed by atoms with E-state index in [4.69, 9.17) is 0 Å². The van der Waals surface area contributed by atoms with Crippen molar-refractivity contribution in [3.63, 3.8) is 0 Å². The van der Waals surface area contributed by atoms with Gasteiger partial charge in [0.05, 0.1) is 4.90 Å². The number of benzene rings is 2. The predicted molar refractivity (Wildman–Crippen MR) is 99.4 cm³/mol. The van der Waals surface area contributed by atoms with Crippen LogP contribution in [0.1, 0.15) is 26.3 Å². The Labute approximate surface area is 155 Å². The Morgan fingerprint density at radius 1 is 0.962 bits per heavy atom. The molecule has 0 radical (unpaired) electrons. The van der Waals surface area contributed by atoms with E-state index in [9.17, 15) is 13.0 Å². The lowest BCUT2D eigenvalue weighted by Gasteiger charge is -2.23. The van der Waals surface area contributed by atoms with E-state index in [0.717, 1.165) is 12.1 Å². The van der Waals surface area contributed by atoms with Crippen molar-refractivity contribution in [3.05, 3.63) is 66.2 Å². The van der Waals surface area contributed by atoms with Gasteiger partial charge in [-0.2, -0.15) is 8.78 Å². The van der Waals surface area contributed by atoms with Gasteiger partial charge in [-0.05, 0) is 32.9 Å². The fraction of sp³-hybridized carbons (Fsp3) is 0.278. The zero-order valence-corrected chi connectivity index (χ0v) is 16.2. The lowest BCUT2D eigenvalue weighted by atomic mass is 10.1. The molecule has 8 heteroatoms. The number of rotatable bonds is 5. The highest BCUT2D eigenvalue weighted by atomic mass is 32.2. The summed E-state index contributed by atoms with van der Waals surface area (Å²) in [5, 5.41) is -4.35. The van der Waals surface area contributed by atoms with E-state index in [1.54, 1.807) is 26.8 Å². The summed E-state index contributed by atoms with van der Waals surface area (Å²) in [6.45, 7) is 4.71. The normalized spacial score (nSPS) is 14.9. The summed E-state index contributed by atoms with van der Waals surface area (Å²) < 4.78 is 70.5. The van der Waals surface area contributed by atoms with Crippen molar-refractivity contribution in [2.45, 2.75) is 35.7 Å². The average Bonchev–Trinajstić information content (AvgIpc) is 2.59. The summed E-state index contributed by atoms with van der Waals surface area (Å²) in [6, 6.07) is 13.6. The fourth-order valence-corrected chi connectivity index (χ4v) is 3.91. The molecule has 0 fully saturated rings. The molecule has 0 amide bonds. The first-order valence-electron chi connectivity index (χ1n) is 7.72. The first-order valence-corrected chi connectivity index (χ1v) is 10.3. The van der Waals surface area contributed by atoms with E-state index in [1.165, 1.54) is 42.5 Å². The van der Waals surface area contributed by atoms with E-state index in [1.807, 2.05) is 0 Å². The summed E-state index contributed by atoms with van der Waals surface area (Å²) in [5.41, 5.74) is -1.13. The van der Waals surface area contributed by atoms with Gasteiger partial charge in [0.1, 0.15) is 16.1 Å². The fourth-order valence-electron chi connectivity index (χ4n) is 1.96. The maximum Gasteiger partial charge on any atom is 0.396 e. The summed E-state index contributed by atoms with van der Waals surface area (Å²) in [6.07, 6.45) is 0. The maximum atomic E-state index is 15.1. The molecular formula is C18H19F2NO3S2. The number of hydrogen-bond donors (Lipinski definition) is 0. The quantitative estimate of drug-likeness (QED) is 0.564. The van der Waals surface area contributed by atoms with Gasteiger partial charge in [-0.3, -0.25) is 0 Å². The second kappa shape index (κ2) is 7.46. The Balaban J connectivity index is 2.67. The van der Waals surface area contributed by atoms with Gasteiger partial charge in [0.15, 0.2) is 5.71 Å². The number of nitrogens with zero attached hydrogens (tertiary/aromatic N) is 1. The molecule has 1 atom stereocenters. The Bertz CT molecular complexity index is 878. The number of sulfone groups is 1. The highest BCUT2D eigenvalue weighted by Gasteiger charge is 2.53. The van der Waals surface area contributed by atoms with E-state index in [-0.39, 0.29) is 5.56 Å². The van der Waals surface area contributed by atoms with Crippen LogP contribution in [-0.2, 0) is 21.2 Å². The molecule has 0 N–H and O–H groups in total. The first kappa shape index (κ1) is 20.5. The summed E-state index contributed by atoms with van der Waals surface area (Å²) in [5.74, 6) is 0. The lowest BCUT2D eigenvalue weighted by Crippen LogP contribution is -2.40. The van der Waals surface area contributed by atoms with Crippen molar-refractivity contribution in [1.82, 2.24) is 0 Å². The Morgan fingerprint density at radius 3 is 1.88 bits per heavy atom. The van der Waals surface area contributed by atoms with Crippen LogP contribution in [0.15, 0.2) is 70.0 Å². The van der Waals surface area contributed by atoms with Crippen LogP contribution in [0.5, 0.6) is 0 Å². The second-order valence-electron chi connectivity index (χ2n) is 6.50. The topological polar surface area (TPSA) is 69.6 Å². The van der Waals surface area contributed by atoms with Gasteiger partial charge in [0, 0.05) is 5.56 Å². The molecule has 140 valence electrons. The third-order valence-electron chi connectivity index (χ3n) is 3.41. The van der Waals surface area contributed by atoms with E-state index in [0.29, 0.717) is 0 Å². The van der Waals surface area contributed by atoms with E-state index < -0.39 is 41.8 Å². The molecular weight excluding hydrogens is 380 g/mol.